The number of hydrogen-bond acceptors (Lipinski definition) is 2. The van der Waals surface area contributed by atoms with Crippen LogP contribution in [0.5, 0.6) is 0 Å². The van der Waals surface area contributed by atoms with Crippen LogP contribution in [0, 0.1) is 0 Å². The van der Waals surface area contributed by atoms with Gasteiger partial charge in [-0.1, -0.05) is 182 Å². The number of benzene rings is 10. The first-order chi connectivity index (χ1) is 33.0. The van der Waals surface area contributed by atoms with Crippen molar-refractivity contribution in [2.75, 3.05) is 0 Å². The van der Waals surface area contributed by atoms with Crippen LogP contribution in [-0.4, -0.2) is 17.6 Å². The average molecular weight is 873 g/mol. The zero-order valence-electron chi connectivity index (χ0n) is 35.9. The van der Waals surface area contributed by atoms with Gasteiger partial charge in [-0.25, -0.2) is 8.42 Å². The lowest BCUT2D eigenvalue weighted by atomic mass is 9.65. The fourth-order valence-electron chi connectivity index (χ4n) is 13.6. The second-order valence-electron chi connectivity index (χ2n) is 18.7. The summed E-state index contributed by atoms with van der Waals surface area (Å²) in [5.41, 5.74) is 18.9. The van der Waals surface area contributed by atoms with E-state index in [1.165, 1.54) is 55.6 Å². The number of rotatable bonds is 2. The summed E-state index contributed by atoms with van der Waals surface area (Å²) in [6.07, 6.45) is 0. The Hall–Kier alpha value is -8.25. The maximum atomic E-state index is 15.8. The van der Waals surface area contributed by atoms with E-state index in [1.54, 1.807) is 0 Å². The molecule has 0 bridgehead atoms. The molecule has 5 heteroatoms. The first-order valence-electron chi connectivity index (χ1n) is 23.0. The lowest BCUT2D eigenvalue weighted by molar-refractivity contribution is 0.595. The molecule has 0 atom stereocenters. The van der Waals surface area contributed by atoms with E-state index in [4.69, 9.17) is 0 Å². The molecule has 4 nitrogen and oxygen atoms in total. The number of fused-ring (bicyclic) bond motifs is 24. The molecule has 0 radical (unpaired) electrons. The van der Waals surface area contributed by atoms with E-state index in [0.717, 1.165) is 66.1 Å². The number of para-hydroxylation sites is 4. The normalized spacial score (nSPS) is 14.9. The molecule has 312 valence electrons. The Morgan fingerprint density at radius 3 is 1.03 bits per heavy atom. The van der Waals surface area contributed by atoms with Crippen molar-refractivity contribution >= 4 is 53.4 Å². The Bertz CT molecular complexity index is 4010. The fourth-order valence-corrected chi connectivity index (χ4v) is 14.9. The van der Waals surface area contributed by atoms with Gasteiger partial charge in [0.25, 0.3) is 0 Å². The molecular weight excluding hydrogens is 837 g/mol. The van der Waals surface area contributed by atoms with Crippen molar-refractivity contribution in [3.05, 3.63) is 263 Å². The molecule has 12 aromatic rings. The summed E-state index contributed by atoms with van der Waals surface area (Å²) in [4.78, 5) is 0.521. The van der Waals surface area contributed by atoms with Gasteiger partial charge in [-0.3, -0.25) is 0 Å². The molecule has 16 rings (SSSR count). The summed E-state index contributed by atoms with van der Waals surface area (Å²) in [5.74, 6) is 0. The Kier molecular flexibility index (Phi) is 6.53. The molecule has 0 fully saturated rings. The summed E-state index contributed by atoms with van der Waals surface area (Å²) in [6, 6.07) is 77.3. The predicted octanol–water partition coefficient (Wildman–Crippen LogP) is 14.1. The number of sulfone groups is 1. The van der Waals surface area contributed by atoms with Crippen molar-refractivity contribution in [1.29, 1.82) is 0 Å². The van der Waals surface area contributed by atoms with Crippen LogP contribution in [0.25, 0.3) is 77.2 Å². The van der Waals surface area contributed by atoms with E-state index in [1.807, 2.05) is 24.3 Å². The van der Waals surface area contributed by atoms with Gasteiger partial charge in [0.2, 0.25) is 9.84 Å². The van der Waals surface area contributed by atoms with Crippen LogP contribution in [0.4, 0.5) is 0 Å². The van der Waals surface area contributed by atoms with E-state index < -0.39 is 20.7 Å². The lowest BCUT2D eigenvalue weighted by Gasteiger charge is -2.40. The summed E-state index contributed by atoms with van der Waals surface area (Å²) in [5, 5.41) is 4.58. The highest BCUT2D eigenvalue weighted by atomic mass is 32.2. The van der Waals surface area contributed by atoms with Gasteiger partial charge in [0, 0.05) is 21.5 Å². The van der Waals surface area contributed by atoms with Gasteiger partial charge in [0.1, 0.15) is 0 Å². The minimum Gasteiger partial charge on any atom is -0.309 e. The summed E-state index contributed by atoms with van der Waals surface area (Å²) >= 11 is 0. The molecule has 0 saturated carbocycles. The molecule has 0 saturated heterocycles. The van der Waals surface area contributed by atoms with E-state index in [9.17, 15) is 0 Å². The standard InChI is InChI=1S/C62H36N2O2S/c65-67(66,37-31-33-51-57(35-37)63-55-29-11-5-19-43(55)45-21-13-27-53(59(45)63)61(51)47-23-7-1-15-39(47)40-16-2-8-24-48(40)61)38-32-34-52-58(36-38)64-56-30-12-6-20-44(56)46-22-14-28-54(60(46)64)62(52)49-25-9-3-17-41(49)42-18-4-10-26-50(42)62/h1-36H. The van der Waals surface area contributed by atoms with E-state index in [0.29, 0.717) is 0 Å². The Morgan fingerprint density at radius 1 is 0.299 bits per heavy atom. The summed E-state index contributed by atoms with van der Waals surface area (Å²) in [7, 11) is -4.11. The second-order valence-corrected chi connectivity index (χ2v) is 20.6. The van der Waals surface area contributed by atoms with Crippen LogP contribution in [-0.2, 0) is 20.7 Å². The topological polar surface area (TPSA) is 44.0 Å². The Morgan fingerprint density at radius 2 is 0.627 bits per heavy atom. The summed E-state index contributed by atoms with van der Waals surface area (Å²) in [6.45, 7) is 0. The average Bonchev–Trinajstić information content (AvgIpc) is 4.09. The largest absolute Gasteiger partial charge is 0.309 e. The molecule has 67 heavy (non-hydrogen) atoms. The van der Waals surface area contributed by atoms with Crippen molar-refractivity contribution in [2.24, 2.45) is 0 Å². The highest BCUT2D eigenvalue weighted by molar-refractivity contribution is 7.91. The molecule has 4 aliphatic rings. The maximum absolute atomic E-state index is 15.8. The first kappa shape index (κ1) is 36.0. The van der Waals surface area contributed by atoms with Gasteiger partial charge in [-0.15, -0.1) is 0 Å². The zero-order chi connectivity index (χ0) is 44.0. The number of nitrogens with zero attached hydrogens (tertiary/aromatic N) is 2. The molecule has 0 unspecified atom stereocenters. The van der Waals surface area contributed by atoms with Crippen molar-refractivity contribution < 1.29 is 8.42 Å². The quantitative estimate of drug-likeness (QED) is 0.174. The Labute approximate surface area is 386 Å². The number of aromatic nitrogens is 2. The van der Waals surface area contributed by atoms with Crippen LogP contribution in [0.3, 0.4) is 0 Å². The molecule has 0 amide bonds. The van der Waals surface area contributed by atoms with E-state index in [-0.39, 0.29) is 9.79 Å². The third kappa shape index (κ3) is 4.00. The fraction of sp³-hybridized carbons (Fsp3) is 0.0323. The van der Waals surface area contributed by atoms with Crippen LogP contribution in [0.2, 0.25) is 0 Å². The van der Waals surface area contributed by atoms with Crippen LogP contribution in [0.15, 0.2) is 228 Å². The van der Waals surface area contributed by atoms with Gasteiger partial charge in [0.05, 0.1) is 54.1 Å². The molecule has 4 heterocycles. The van der Waals surface area contributed by atoms with Crippen molar-refractivity contribution in [3.8, 4) is 33.6 Å². The van der Waals surface area contributed by atoms with Gasteiger partial charge in [0.15, 0.2) is 0 Å². The van der Waals surface area contributed by atoms with E-state index >= 15 is 8.42 Å². The van der Waals surface area contributed by atoms with Gasteiger partial charge >= 0.3 is 0 Å². The molecule has 0 N–H and O–H groups in total. The van der Waals surface area contributed by atoms with Crippen molar-refractivity contribution in [2.45, 2.75) is 20.6 Å². The molecule has 2 aromatic heterocycles. The first-order valence-corrected chi connectivity index (χ1v) is 24.5. The highest BCUT2D eigenvalue weighted by Crippen LogP contribution is 2.63. The molecule has 2 spiro atoms. The lowest BCUT2D eigenvalue weighted by Crippen LogP contribution is -2.34. The van der Waals surface area contributed by atoms with Crippen molar-refractivity contribution in [1.82, 2.24) is 9.13 Å². The van der Waals surface area contributed by atoms with Crippen LogP contribution >= 0.6 is 0 Å². The van der Waals surface area contributed by atoms with Crippen molar-refractivity contribution in [3.63, 3.8) is 0 Å². The molecule has 2 aliphatic carbocycles. The zero-order valence-corrected chi connectivity index (χ0v) is 36.7. The summed E-state index contributed by atoms with van der Waals surface area (Å²) < 4.78 is 36.2. The van der Waals surface area contributed by atoms with Gasteiger partial charge in [-0.05, 0) is 103 Å². The van der Waals surface area contributed by atoms with Crippen LogP contribution < -0.4 is 0 Å². The van der Waals surface area contributed by atoms with Gasteiger partial charge in [-0.2, -0.15) is 0 Å². The molecule has 10 aromatic carbocycles. The molecular formula is C62H36N2O2S. The molecule has 2 aliphatic heterocycles. The monoisotopic (exact) mass is 872 g/mol. The number of hydrogen-bond donors (Lipinski definition) is 0. The minimum atomic E-state index is -4.11. The SMILES string of the molecule is O=S(=O)(c1ccc2c(c1)-n1c3ccccc3c3cccc(c31)C21c2ccccc2-c2ccccc21)c1ccc2c(c1)-n1c3ccccc3c3cccc(c31)C21c2ccccc2-c2ccccc21. The predicted molar refractivity (Wildman–Crippen MR) is 269 cm³/mol. The van der Waals surface area contributed by atoms with E-state index in [2.05, 4.69) is 203 Å². The third-order valence-corrected chi connectivity index (χ3v) is 17.7. The third-order valence-electron chi connectivity index (χ3n) is 16.0. The minimum absolute atomic E-state index is 0.260. The second kappa shape index (κ2) is 12.1. The smallest absolute Gasteiger partial charge is 0.206 e. The highest BCUT2D eigenvalue weighted by Gasteiger charge is 2.53. The van der Waals surface area contributed by atoms with Gasteiger partial charge < -0.3 is 9.13 Å². The maximum Gasteiger partial charge on any atom is 0.206 e. The Balaban J connectivity index is 0.985. The van der Waals surface area contributed by atoms with Crippen LogP contribution in [0.1, 0.15) is 44.5 Å².